The van der Waals surface area contributed by atoms with Gasteiger partial charge in [-0.25, -0.2) is 4.79 Å². The molecule has 0 aliphatic carbocycles. The highest BCUT2D eigenvalue weighted by Crippen LogP contribution is 2.35. The molecule has 0 radical (unpaired) electrons. The van der Waals surface area contributed by atoms with Crippen LogP contribution in [0.25, 0.3) is 0 Å². The Balaban J connectivity index is 0.000000363. The highest BCUT2D eigenvalue weighted by Gasteiger charge is 2.36. The van der Waals surface area contributed by atoms with E-state index in [1.54, 1.807) is 4.90 Å². The van der Waals surface area contributed by atoms with E-state index in [0.717, 1.165) is 52.1 Å². The van der Waals surface area contributed by atoms with Gasteiger partial charge in [0.25, 0.3) is 0 Å². The van der Waals surface area contributed by atoms with Crippen LogP contribution in [0.1, 0.15) is 54.7 Å². The van der Waals surface area contributed by atoms with Crippen LogP contribution in [-0.4, -0.2) is 54.5 Å². The van der Waals surface area contributed by atoms with Gasteiger partial charge in [0.1, 0.15) is 24.2 Å². The maximum Gasteiger partial charge on any atom is 0.410 e. The number of hydrogen-bond donors (Lipinski definition) is 0. The van der Waals surface area contributed by atoms with Gasteiger partial charge in [-0.05, 0) is 59.9 Å². The summed E-state index contributed by atoms with van der Waals surface area (Å²) in [4.78, 5) is 14.5. The Labute approximate surface area is 298 Å². The Kier molecular flexibility index (Phi) is 13.5. The summed E-state index contributed by atoms with van der Waals surface area (Å²) in [6, 6.07) is 34.2. The molecule has 4 aromatic rings. The number of fused-ring (bicyclic) bond motifs is 1. The second-order valence-corrected chi connectivity index (χ2v) is 13.3. The number of halogens is 1. The fourth-order valence-corrected chi connectivity index (χ4v) is 5.77. The van der Waals surface area contributed by atoms with Crippen LogP contribution in [0.5, 0.6) is 11.5 Å². The van der Waals surface area contributed by atoms with E-state index in [4.69, 9.17) is 28.4 Å². The third kappa shape index (κ3) is 11.3. The standard InChI is InChI=1S/C31H35NO6.C9H11BrO/c1-22(17-23-9-12-27(13-10-23)35-16-15-34-20-24-7-5-4-6-8-24)32-19-29(37-30(32)33)25-11-14-28-26(18-25)21-36-31(2,3)38-28;10-6-7-11-8-9-4-2-1-3-5-9/h4-14,18,22,29H,15-17,19-21H2,1-3H3;1-5H,6-8H2/t22-,29-;/m0./s1. The zero-order valence-electron chi connectivity index (χ0n) is 28.5. The average Bonchev–Trinajstić information content (AvgIpc) is 3.51. The minimum atomic E-state index is -0.637. The van der Waals surface area contributed by atoms with E-state index in [0.29, 0.717) is 39.6 Å². The first-order chi connectivity index (χ1) is 23.8. The third-order valence-corrected chi connectivity index (χ3v) is 8.48. The molecule has 1 saturated heterocycles. The van der Waals surface area contributed by atoms with Crippen LogP contribution >= 0.6 is 15.9 Å². The Morgan fingerprint density at radius 2 is 1.49 bits per heavy atom. The first kappa shape index (κ1) is 36.4. The molecule has 2 aliphatic heterocycles. The summed E-state index contributed by atoms with van der Waals surface area (Å²) in [7, 11) is 0. The molecule has 0 unspecified atom stereocenters. The van der Waals surface area contributed by atoms with E-state index in [-0.39, 0.29) is 18.2 Å². The van der Waals surface area contributed by atoms with Crippen LogP contribution in [0, 0.1) is 0 Å². The van der Waals surface area contributed by atoms with E-state index in [1.165, 1.54) is 5.56 Å². The topological polar surface area (TPSA) is 75.7 Å². The maximum atomic E-state index is 12.7. The van der Waals surface area contributed by atoms with Crippen molar-refractivity contribution in [1.29, 1.82) is 0 Å². The van der Waals surface area contributed by atoms with Crippen molar-refractivity contribution in [1.82, 2.24) is 4.90 Å². The summed E-state index contributed by atoms with van der Waals surface area (Å²) < 4.78 is 34.2. The van der Waals surface area contributed by atoms with Crippen molar-refractivity contribution < 1.29 is 33.2 Å². The van der Waals surface area contributed by atoms with Crippen molar-refractivity contribution in [2.24, 2.45) is 0 Å². The fraction of sp³-hybridized carbons (Fsp3) is 0.375. The molecule has 2 atom stereocenters. The summed E-state index contributed by atoms with van der Waals surface area (Å²) in [5.74, 6) is 0.975. The van der Waals surface area contributed by atoms with Crippen molar-refractivity contribution in [2.45, 2.75) is 64.9 Å². The van der Waals surface area contributed by atoms with Gasteiger partial charge >= 0.3 is 6.09 Å². The SMILES string of the molecule is BrCCOCc1ccccc1.C[C@@H](Cc1ccc(OCCOCc2ccccc2)cc1)N1C[C@@H](c2ccc3c(c2)COC(C)(C)O3)OC1=O. The number of carbonyl (C=O) groups excluding carboxylic acids is 1. The van der Waals surface area contributed by atoms with E-state index >= 15 is 0 Å². The van der Waals surface area contributed by atoms with E-state index in [1.807, 2.05) is 105 Å². The monoisotopic (exact) mass is 731 g/mol. The molecule has 2 heterocycles. The van der Waals surface area contributed by atoms with Gasteiger partial charge < -0.3 is 33.3 Å². The number of amides is 1. The van der Waals surface area contributed by atoms with Crippen molar-refractivity contribution in [3.63, 3.8) is 0 Å². The molecule has 1 fully saturated rings. The van der Waals surface area contributed by atoms with Crippen molar-refractivity contribution >= 4 is 22.0 Å². The van der Waals surface area contributed by atoms with Crippen LogP contribution in [-0.2, 0) is 45.2 Å². The summed E-state index contributed by atoms with van der Waals surface area (Å²) in [5.41, 5.74) is 5.43. The predicted octanol–water partition coefficient (Wildman–Crippen LogP) is 8.65. The molecule has 0 N–H and O–H groups in total. The highest BCUT2D eigenvalue weighted by molar-refractivity contribution is 9.09. The Hall–Kier alpha value is -3.89. The Bertz CT molecular complexity index is 1580. The number of alkyl halides is 1. The summed E-state index contributed by atoms with van der Waals surface area (Å²) in [6.45, 7) is 9.89. The van der Waals surface area contributed by atoms with Crippen molar-refractivity contribution in [3.8, 4) is 11.5 Å². The van der Waals surface area contributed by atoms with Crippen LogP contribution in [0.3, 0.4) is 0 Å². The fourth-order valence-electron chi connectivity index (χ4n) is 5.55. The molecular weight excluding hydrogens is 686 g/mol. The van der Waals surface area contributed by atoms with Gasteiger partial charge in [0, 0.05) is 30.8 Å². The molecule has 260 valence electrons. The number of benzene rings is 4. The number of rotatable bonds is 14. The zero-order valence-corrected chi connectivity index (χ0v) is 30.1. The van der Waals surface area contributed by atoms with E-state index < -0.39 is 5.79 Å². The highest BCUT2D eigenvalue weighted by atomic mass is 79.9. The lowest BCUT2D eigenvalue weighted by molar-refractivity contribution is -0.180. The number of cyclic esters (lactones) is 1. The molecule has 0 bridgehead atoms. The van der Waals surface area contributed by atoms with Gasteiger partial charge in [-0.15, -0.1) is 0 Å². The van der Waals surface area contributed by atoms with Gasteiger partial charge in [-0.2, -0.15) is 0 Å². The summed E-state index contributed by atoms with van der Waals surface area (Å²) >= 11 is 3.30. The quantitative estimate of drug-likeness (QED) is 0.0950. The van der Waals surface area contributed by atoms with Crippen molar-refractivity contribution in [3.05, 3.63) is 131 Å². The smallest absolute Gasteiger partial charge is 0.410 e. The molecular formula is C40H46BrNO7. The molecule has 8 nitrogen and oxygen atoms in total. The van der Waals surface area contributed by atoms with Gasteiger partial charge in [-0.3, -0.25) is 0 Å². The number of carbonyl (C=O) groups is 1. The average molecular weight is 733 g/mol. The lowest BCUT2D eigenvalue weighted by Crippen LogP contribution is -2.35. The maximum absolute atomic E-state index is 12.7. The van der Waals surface area contributed by atoms with Crippen LogP contribution in [0.2, 0.25) is 0 Å². The lowest BCUT2D eigenvalue weighted by atomic mass is 10.0. The Morgan fingerprint density at radius 3 is 2.14 bits per heavy atom. The molecule has 6 rings (SSSR count). The van der Waals surface area contributed by atoms with Crippen LogP contribution in [0.15, 0.2) is 103 Å². The first-order valence-corrected chi connectivity index (χ1v) is 17.9. The van der Waals surface area contributed by atoms with Gasteiger partial charge in [0.15, 0.2) is 0 Å². The van der Waals surface area contributed by atoms with Crippen molar-refractivity contribution in [2.75, 3.05) is 31.7 Å². The molecule has 0 aromatic heterocycles. The molecule has 1 amide bonds. The van der Waals surface area contributed by atoms with Crippen LogP contribution < -0.4 is 9.47 Å². The number of nitrogens with zero attached hydrogens (tertiary/aromatic N) is 1. The largest absolute Gasteiger partial charge is 0.491 e. The molecule has 9 heteroatoms. The summed E-state index contributed by atoms with van der Waals surface area (Å²) in [5, 5.41) is 0.903. The first-order valence-electron chi connectivity index (χ1n) is 16.7. The molecule has 0 saturated carbocycles. The molecule has 0 spiro atoms. The lowest BCUT2D eigenvalue weighted by Gasteiger charge is -2.32. The van der Waals surface area contributed by atoms with Gasteiger partial charge in [-0.1, -0.05) is 94.8 Å². The van der Waals surface area contributed by atoms with E-state index in [9.17, 15) is 4.79 Å². The number of hydrogen-bond acceptors (Lipinski definition) is 7. The molecule has 2 aliphatic rings. The predicted molar refractivity (Wildman–Crippen MR) is 193 cm³/mol. The van der Waals surface area contributed by atoms with E-state index in [2.05, 4.69) is 35.0 Å². The third-order valence-electron chi connectivity index (χ3n) is 8.15. The molecule has 49 heavy (non-hydrogen) atoms. The minimum Gasteiger partial charge on any atom is -0.491 e. The molecule has 4 aromatic carbocycles. The number of ether oxygens (including phenoxy) is 6. The zero-order chi connectivity index (χ0) is 34.5. The minimum absolute atomic E-state index is 0.00394. The second-order valence-electron chi connectivity index (χ2n) is 12.5. The van der Waals surface area contributed by atoms with Gasteiger partial charge in [0.05, 0.1) is 39.6 Å². The van der Waals surface area contributed by atoms with Crippen LogP contribution in [0.4, 0.5) is 4.79 Å². The normalized spacial score (nSPS) is 16.9. The van der Waals surface area contributed by atoms with Gasteiger partial charge in [0.2, 0.25) is 5.79 Å². The second kappa shape index (κ2) is 18.2. The summed E-state index contributed by atoms with van der Waals surface area (Å²) in [6.07, 6.45) is 0.123. The Morgan fingerprint density at radius 1 is 0.837 bits per heavy atom.